The third kappa shape index (κ3) is 40.1. The molecule has 0 N–H and O–H groups in total. The number of rotatable bonds is 43. The number of ether oxygens (including phenoxy) is 3. The van der Waals surface area contributed by atoms with E-state index in [9.17, 15) is 14.4 Å². The van der Waals surface area contributed by atoms with Gasteiger partial charge in [0.15, 0.2) is 6.10 Å². The second-order valence-electron chi connectivity index (χ2n) is 16.6. The van der Waals surface area contributed by atoms with Crippen LogP contribution in [-0.2, 0) is 28.6 Å². The number of esters is 3. The molecule has 0 aliphatic carbocycles. The van der Waals surface area contributed by atoms with E-state index in [2.05, 4.69) is 27.7 Å². The van der Waals surface area contributed by atoms with E-state index >= 15 is 0 Å². The molecule has 320 valence electrons. The normalized spacial score (nSPS) is 12.4. The zero-order chi connectivity index (χ0) is 39.6. The molecule has 0 aliphatic rings. The van der Waals surface area contributed by atoms with Crippen molar-refractivity contribution in [3.63, 3.8) is 0 Å². The van der Waals surface area contributed by atoms with Crippen molar-refractivity contribution in [3.05, 3.63) is 0 Å². The van der Waals surface area contributed by atoms with Gasteiger partial charge in [0.25, 0.3) is 0 Å². The summed E-state index contributed by atoms with van der Waals surface area (Å²) in [6.07, 6.45) is 42.5. The lowest BCUT2D eigenvalue weighted by Gasteiger charge is -2.18. The molecule has 0 fully saturated rings. The predicted molar refractivity (Wildman–Crippen MR) is 229 cm³/mol. The molecule has 0 saturated carbocycles. The Morgan fingerprint density at radius 1 is 0.370 bits per heavy atom. The number of hydrogen-bond donors (Lipinski definition) is 0. The first-order valence-corrected chi connectivity index (χ1v) is 23.9. The van der Waals surface area contributed by atoms with Gasteiger partial charge in [-0.25, -0.2) is 0 Å². The summed E-state index contributed by atoms with van der Waals surface area (Å²) in [5, 5.41) is 0. The topological polar surface area (TPSA) is 78.9 Å². The van der Waals surface area contributed by atoms with Crippen molar-refractivity contribution in [1.82, 2.24) is 0 Å². The summed E-state index contributed by atoms with van der Waals surface area (Å²) in [6.45, 7) is 8.97. The van der Waals surface area contributed by atoms with Crippen LogP contribution in [0.5, 0.6) is 0 Å². The number of carbonyl (C=O) groups is 3. The van der Waals surface area contributed by atoms with Crippen LogP contribution in [-0.4, -0.2) is 37.2 Å². The van der Waals surface area contributed by atoms with E-state index in [0.29, 0.717) is 19.3 Å². The van der Waals surface area contributed by atoms with Crippen LogP contribution in [0.2, 0.25) is 0 Å². The monoisotopic (exact) mass is 765 g/mol. The van der Waals surface area contributed by atoms with Crippen molar-refractivity contribution in [1.29, 1.82) is 0 Å². The molecular formula is C48H92O6. The van der Waals surface area contributed by atoms with Gasteiger partial charge in [-0.05, 0) is 25.2 Å². The molecule has 0 spiro atoms. The molecule has 0 saturated heterocycles. The standard InChI is InChI=1S/C48H92O6/c1-5-8-10-12-13-14-15-18-22-25-28-32-36-40-47(50)53-43-45(42-52-46(49)39-35-30-11-9-6-2)54-48(51)41-37-33-29-26-23-20-17-16-19-21-24-27-31-34-38-44(4)7-3/h44-45H,5-43H2,1-4H3/t44?,45-/m1/s1. The first-order valence-electron chi connectivity index (χ1n) is 23.9. The van der Waals surface area contributed by atoms with Crippen molar-refractivity contribution < 1.29 is 28.6 Å². The van der Waals surface area contributed by atoms with Gasteiger partial charge in [0.2, 0.25) is 0 Å². The van der Waals surface area contributed by atoms with Gasteiger partial charge in [0.05, 0.1) is 0 Å². The molecule has 0 amide bonds. The van der Waals surface area contributed by atoms with Gasteiger partial charge in [-0.15, -0.1) is 0 Å². The molecule has 0 aromatic rings. The average molecular weight is 765 g/mol. The van der Waals surface area contributed by atoms with E-state index < -0.39 is 6.10 Å². The lowest BCUT2D eigenvalue weighted by molar-refractivity contribution is -0.167. The fraction of sp³-hybridized carbons (Fsp3) is 0.938. The van der Waals surface area contributed by atoms with Crippen molar-refractivity contribution in [2.75, 3.05) is 13.2 Å². The Bertz CT molecular complexity index is 813. The van der Waals surface area contributed by atoms with Crippen LogP contribution in [0.4, 0.5) is 0 Å². The van der Waals surface area contributed by atoms with E-state index in [1.807, 2.05) is 0 Å². The molecule has 0 aromatic carbocycles. The highest BCUT2D eigenvalue weighted by atomic mass is 16.6. The Morgan fingerprint density at radius 2 is 0.648 bits per heavy atom. The third-order valence-electron chi connectivity index (χ3n) is 11.2. The van der Waals surface area contributed by atoms with Gasteiger partial charge in [-0.2, -0.15) is 0 Å². The molecule has 1 unspecified atom stereocenters. The zero-order valence-electron chi connectivity index (χ0n) is 36.7. The van der Waals surface area contributed by atoms with Crippen molar-refractivity contribution in [2.45, 2.75) is 271 Å². The van der Waals surface area contributed by atoms with Gasteiger partial charge in [0, 0.05) is 19.3 Å². The number of hydrogen-bond acceptors (Lipinski definition) is 6. The molecule has 6 heteroatoms. The SMILES string of the molecule is CCCCCCCCCCCCCCCC(=O)OC[C@@H](COC(=O)CCCCCCC)OC(=O)CCCCCCCCCCCCCCCCC(C)CC. The smallest absolute Gasteiger partial charge is 0.306 e. The Hall–Kier alpha value is -1.59. The Balaban J connectivity index is 4.14. The van der Waals surface area contributed by atoms with Crippen LogP contribution in [0.25, 0.3) is 0 Å². The quantitative estimate of drug-likeness (QED) is 0.0349. The fourth-order valence-corrected chi connectivity index (χ4v) is 7.12. The highest BCUT2D eigenvalue weighted by molar-refractivity contribution is 5.71. The van der Waals surface area contributed by atoms with E-state index in [-0.39, 0.29) is 31.1 Å². The molecule has 0 rings (SSSR count). The maximum Gasteiger partial charge on any atom is 0.306 e. The van der Waals surface area contributed by atoms with Crippen molar-refractivity contribution >= 4 is 17.9 Å². The Labute approximate surface area is 336 Å². The predicted octanol–water partition coefficient (Wildman–Crippen LogP) is 15.1. The fourth-order valence-electron chi connectivity index (χ4n) is 7.12. The first-order chi connectivity index (χ1) is 26.4. The van der Waals surface area contributed by atoms with Gasteiger partial charge in [-0.3, -0.25) is 14.4 Å². The first kappa shape index (κ1) is 52.4. The van der Waals surface area contributed by atoms with E-state index in [0.717, 1.165) is 70.1 Å². The highest BCUT2D eigenvalue weighted by Gasteiger charge is 2.19. The van der Waals surface area contributed by atoms with Crippen LogP contribution in [0.3, 0.4) is 0 Å². The van der Waals surface area contributed by atoms with E-state index in [4.69, 9.17) is 14.2 Å². The average Bonchev–Trinajstić information content (AvgIpc) is 3.17. The summed E-state index contributed by atoms with van der Waals surface area (Å²) >= 11 is 0. The van der Waals surface area contributed by atoms with Crippen LogP contribution in [0, 0.1) is 5.92 Å². The van der Waals surface area contributed by atoms with E-state index in [1.165, 1.54) is 154 Å². The van der Waals surface area contributed by atoms with Crippen molar-refractivity contribution in [3.8, 4) is 0 Å². The molecule has 0 aliphatic heterocycles. The largest absolute Gasteiger partial charge is 0.462 e. The summed E-state index contributed by atoms with van der Waals surface area (Å²) in [5.41, 5.74) is 0. The van der Waals surface area contributed by atoms with Crippen LogP contribution in [0.1, 0.15) is 265 Å². The lowest BCUT2D eigenvalue weighted by atomic mass is 9.99. The summed E-state index contributed by atoms with van der Waals surface area (Å²) < 4.78 is 16.6. The molecule has 2 atom stereocenters. The van der Waals surface area contributed by atoms with Gasteiger partial charge < -0.3 is 14.2 Å². The summed E-state index contributed by atoms with van der Waals surface area (Å²) in [7, 11) is 0. The van der Waals surface area contributed by atoms with Gasteiger partial charge in [-0.1, -0.05) is 227 Å². The van der Waals surface area contributed by atoms with Crippen LogP contribution < -0.4 is 0 Å². The summed E-state index contributed by atoms with van der Waals surface area (Å²) in [4.78, 5) is 37.5. The minimum absolute atomic E-state index is 0.0643. The number of unbranched alkanes of at least 4 members (excludes halogenated alkanes) is 29. The second kappa shape index (κ2) is 42.6. The summed E-state index contributed by atoms with van der Waals surface area (Å²) in [6, 6.07) is 0. The summed E-state index contributed by atoms with van der Waals surface area (Å²) in [5.74, 6) is 0.0301. The third-order valence-corrected chi connectivity index (χ3v) is 11.2. The number of carbonyl (C=O) groups excluding carboxylic acids is 3. The molecule has 54 heavy (non-hydrogen) atoms. The minimum atomic E-state index is -0.758. The molecule has 0 heterocycles. The lowest BCUT2D eigenvalue weighted by Crippen LogP contribution is -2.30. The molecular weight excluding hydrogens is 673 g/mol. The zero-order valence-corrected chi connectivity index (χ0v) is 36.7. The second-order valence-corrected chi connectivity index (χ2v) is 16.6. The Morgan fingerprint density at radius 3 is 0.963 bits per heavy atom. The maximum atomic E-state index is 12.7. The minimum Gasteiger partial charge on any atom is -0.462 e. The highest BCUT2D eigenvalue weighted by Crippen LogP contribution is 2.17. The molecule has 0 radical (unpaired) electrons. The van der Waals surface area contributed by atoms with Crippen LogP contribution >= 0.6 is 0 Å². The van der Waals surface area contributed by atoms with Gasteiger partial charge in [0.1, 0.15) is 13.2 Å². The van der Waals surface area contributed by atoms with Gasteiger partial charge >= 0.3 is 17.9 Å². The Kier molecular flexibility index (Phi) is 41.3. The van der Waals surface area contributed by atoms with Crippen LogP contribution in [0.15, 0.2) is 0 Å². The molecule has 0 aromatic heterocycles. The maximum absolute atomic E-state index is 12.7. The van der Waals surface area contributed by atoms with E-state index in [1.54, 1.807) is 0 Å². The molecule has 0 bridgehead atoms. The van der Waals surface area contributed by atoms with Crippen molar-refractivity contribution in [2.24, 2.45) is 5.92 Å². The molecule has 6 nitrogen and oxygen atoms in total.